The predicted molar refractivity (Wildman–Crippen MR) is 84.8 cm³/mol. The first kappa shape index (κ1) is 9.76. The van der Waals surface area contributed by atoms with Crippen LogP contribution in [0.25, 0.3) is 5.82 Å². The zero-order valence-corrected chi connectivity index (χ0v) is 13.7. The Hall–Kier alpha value is -1.18. The van der Waals surface area contributed by atoms with Gasteiger partial charge in [-0.2, -0.15) is 0 Å². The molecule has 3 heterocycles. The number of pyridine rings is 1. The predicted octanol–water partition coefficient (Wildman–Crippen LogP) is 2.33. The molecule has 2 aromatic rings. The van der Waals surface area contributed by atoms with Gasteiger partial charge in [-0.15, -0.1) is 0 Å². The fourth-order valence-electron chi connectivity index (χ4n) is 1.87. The summed E-state index contributed by atoms with van der Waals surface area (Å²) in [6.07, 6.45) is -0.578. The Labute approximate surface area is 140 Å². The molecule has 0 saturated carbocycles. The number of hydrogen-bond acceptors (Lipinski definition) is 4. The molecule has 21 heavy (non-hydrogen) atoms. The van der Waals surface area contributed by atoms with Gasteiger partial charge in [0, 0.05) is 12.3 Å². The minimum atomic E-state index is -0.874. The summed E-state index contributed by atoms with van der Waals surface area (Å²) < 4.78 is 52.8. The molecule has 0 radical (unpaired) electrons. The highest BCUT2D eigenvalue weighted by atomic mass is 79.9. The highest BCUT2D eigenvalue weighted by molar-refractivity contribution is 9.10. The summed E-state index contributed by atoms with van der Waals surface area (Å²) >= 11 is 3.24. The molecule has 0 unspecified atom stereocenters. The van der Waals surface area contributed by atoms with E-state index in [-0.39, 0.29) is 28.4 Å². The lowest BCUT2D eigenvalue weighted by molar-refractivity contribution is 0.00578. The van der Waals surface area contributed by atoms with Crippen LogP contribution in [0, 0.1) is 0 Å². The van der Waals surface area contributed by atoms with Gasteiger partial charge in [0.1, 0.15) is 5.82 Å². The van der Waals surface area contributed by atoms with E-state index in [4.69, 9.17) is 16.2 Å². The SMILES string of the molecule is [2H]c1nc(-n2c(Br)nc(B3OC(C)(C)C(C)(C)O3)c2[2H])c([2H])c([2H])c1[2H]. The Bertz CT molecular complexity index is 889. The maximum absolute atomic E-state index is 8.44. The van der Waals surface area contributed by atoms with Crippen LogP contribution in [0.2, 0.25) is 0 Å². The largest absolute Gasteiger partial charge is 0.516 e. The summed E-state index contributed by atoms with van der Waals surface area (Å²) in [5, 5.41) is 0. The normalized spacial score (nSPS) is 23.3. The number of halogens is 1. The van der Waals surface area contributed by atoms with Crippen molar-refractivity contribution in [2.24, 2.45) is 0 Å². The minimum Gasteiger partial charge on any atom is -0.398 e. The van der Waals surface area contributed by atoms with Gasteiger partial charge in [-0.1, -0.05) is 6.04 Å². The van der Waals surface area contributed by atoms with Gasteiger partial charge in [-0.25, -0.2) is 9.97 Å². The van der Waals surface area contributed by atoms with Crippen molar-refractivity contribution in [3.05, 3.63) is 35.2 Å². The summed E-state index contributed by atoms with van der Waals surface area (Å²) in [5.74, 6) is -0.122. The van der Waals surface area contributed by atoms with E-state index in [0.29, 0.717) is 0 Å². The van der Waals surface area contributed by atoms with Crippen molar-refractivity contribution in [1.29, 1.82) is 0 Å². The summed E-state index contributed by atoms with van der Waals surface area (Å²) in [5.41, 5.74) is -1.01. The van der Waals surface area contributed by atoms with Crippen LogP contribution in [0.1, 0.15) is 34.5 Å². The average Bonchev–Trinajstić information content (AvgIpc) is 2.93. The quantitative estimate of drug-likeness (QED) is 0.776. The van der Waals surface area contributed by atoms with Crippen LogP contribution < -0.4 is 5.59 Å². The molecule has 0 spiro atoms. The maximum atomic E-state index is 8.44. The Balaban J connectivity index is 2.12. The van der Waals surface area contributed by atoms with Crippen LogP contribution in [0.5, 0.6) is 0 Å². The molecule has 0 bridgehead atoms. The molecule has 0 N–H and O–H groups in total. The number of aromatic nitrogens is 3. The van der Waals surface area contributed by atoms with E-state index < -0.39 is 36.6 Å². The first-order valence-electron chi connectivity index (χ1n) is 8.92. The lowest BCUT2D eigenvalue weighted by atomic mass is 9.86. The lowest BCUT2D eigenvalue weighted by Gasteiger charge is -2.32. The van der Waals surface area contributed by atoms with E-state index in [1.165, 1.54) is 4.57 Å². The Morgan fingerprint density at radius 1 is 1.24 bits per heavy atom. The second-order valence-electron chi connectivity index (χ2n) is 5.72. The molecule has 5 nitrogen and oxygen atoms in total. The van der Waals surface area contributed by atoms with Crippen LogP contribution >= 0.6 is 15.9 Å². The molecule has 0 aromatic carbocycles. The molecule has 1 fully saturated rings. The molecule has 0 atom stereocenters. The van der Waals surface area contributed by atoms with E-state index in [1.807, 2.05) is 27.7 Å². The van der Waals surface area contributed by atoms with Gasteiger partial charge < -0.3 is 9.31 Å². The van der Waals surface area contributed by atoms with Gasteiger partial charge in [-0.3, -0.25) is 4.57 Å². The molecule has 1 saturated heterocycles. The Kier molecular flexibility index (Phi) is 2.29. The summed E-state index contributed by atoms with van der Waals surface area (Å²) in [6, 6.07) is -1.23. The third-order valence-corrected chi connectivity index (χ3v) is 4.30. The summed E-state index contributed by atoms with van der Waals surface area (Å²) in [4.78, 5) is 8.16. The first-order valence-corrected chi connectivity index (χ1v) is 7.22. The monoisotopic (exact) mass is 354 g/mol. The maximum Gasteiger partial charge on any atom is 0.516 e. The number of rotatable bonds is 2. The van der Waals surface area contributed by atoms with Gasteiger partial charge in [0.05, 0.1) is 23.6 Å². The number of hydrogen-bond donors (Lipinski definition) is 0. The second kappa shape index (κ2) is 4.93. The van der Waals surface area contributed by atoms with E-state index in [2.05, 4.69) is 25.9 Å². The van der Waals surface area contributed by atoms with Gasteiger partial charge in [-0.05, 0) is 55.7 Å². The van der Waals surface area contributed by atoms with Gasteiger partial charge in [0.2, 0.25) is 0 Å². The van der Waals surface area contributed by atoms with Crippen LogP contribution in [0.4, 0.5) is 0 Å². The highest BCUT2D eigenvalue weighted by Gasteiger charge is 2.52. The van der Waals surface area contributed by atoms with E-state index in [9.17, 15) is 0 Å². The van der Waals surface area contributed by atoms with Crippen LogP contribution in [0.3, 0.4) is 0 Å². The molecular formula is C14H17BBrN3O2. The van der Waals surface area contributed by atoms with Crippen LogP contribution in [0.15, 0.2) is 35.2 Å². The molecule has 3 rings (SSSR count). The topological polar surface area (TPSA) is 49.2 Å². The molecule has 2 aromatic heterocycles. The molecule has 110 valence electrons. The Morgan fingerprint density at radius 3 is 2.57 bits per heavy atom. The van der Waals surface area contributed by atoms with Crippen molar-refractivity contribution in [2.45, 2.75) is 38.9 Å². The van der Waals surface area contributed by atoms with Gasteiger partial charge in [0.15, 0.2) is 4.73 Å². The zero-order chi connectivity index (χ0) is 19.6. The van der Waals surface area contributed by atoms with Crippen molar-refractivity contribution >= 4 is 28.6 Å². The Morgan fingerprint density at radius 2 is 1.90 bits per heavy atom. The molecule has 7 heteroatoms. The molecular weight excluding hydrogens is 333 g/mol. The average molecular weight is 355 g/mol. The third kappa shape index (κ3) is 2.54. The van der Waals surface area contributed by atoms with Gasteiger partial charge in [0.25, 0.3) is 0 Å². The van der Waals surface area contributed by atoms with E-state index in [0.717, 1.165) is 0 Å². The smallest absolute Gasteiger partial charge is 0.398 e. The zero-order valence-electron chi connectivity index (χ0n) is 17.1. The molecule has 1 aliphatic heterocycles. The fourth-order valence-corrected chi connectivity index (χ4v) is 2.31. The lowest BCUT2D eigenvalue weighted by Crippen LogP contribution is -2.41. The molecule has 0 aliphatic carbocycles. The second-order valence-corrected chi connectivity index (χ2v) is 6.43. The first-order chi connectivity index (χ1) is 11.9. The van der Waals surface area contributed by atoms with Crippen LogP contribution in [-0.2, 0) is 9.31 Å². The van der Waals surface area contributed by atoms with Crippen molar-refractivity contribution in [1.82, 2.24) is 14.5 Å². The fraction of sp³-hybridized carbons (Fsp3) is 0.429. The van der Waals surface area contributed by atoms with Crippen molar-refractivity contribution in [3.63, 3.8) is 0 Å². The van der Waals surface area contributed by atoms with Crippen molar-refractivity contribution in [2.75, 3.05) is 0 Å². The third-order valence-electron chi connectivity index (χ3n) is 3.77. The van der Waals surface area contributed by atoms with Crippen molar-refractivity contribution < 1.29 is 16.2 Å². The standard InChI is InChI=1S/C14H17BBrN3O2/c1-13(2)14(3,4)21-15(20-13)10-9-19(12(16)18-10)11-7-5-6-8-17-11/h5-9H,1-4H3/i5D,6D,7D,8D,9D. The van der Waals surface area contributed by atoms with Crippen LogP contribution in [-0.4, -0.2) is 32.9 Å². The van der Waals surface area contributed by atoms with Gasteiger partial charge >= 0.3 is 7.12 Å². The van der Waals surface area contributed by atoms with Crippen molar-refractivity contribution in [3.8, 4) is 5.82 Å². The molecule has 1 aliphatic rings. The molecule has 0 amide bonds. The summed E-state index contributed by atoms with van der Waals surface area (Å²) in [7, 11) is -0.874. The van der Waals surface area contributed by atoms with E-state index >= 15 is 0 Å². The van der Waals surface area contributed by atoms with E-state index in [1.54, 1.807) is 0 Å². The number of imidazole rings is 1. The highest BCUT2D eigenvalue weighted by Crippen LogP contribution is 2.36. The minimum absolute atomic E-state index is 0.122. The number of nitrogens with zero attached hydrogens (tertiary/aromatic N) is 3. The summed E-state index contributed by atoms with van der Waals surface area (Å²) in [6.45, 7) is 7.55.